The van der Waals surface area contributed by atoms with Crippen molar-refractivity contribution in [2.75, 3.05) is 0 Å². The molecule has 7 heavy (non-hydrogen) atoms. The molecule has 0 N–H and O–H groups in total. The summed E-state index contributed by atoms with van der Waals surface area (Å²) in [7, 11) is -1.97. The number of rotatable bonds is 0. The third kappa shape index (κ3) is 247. The predicted molar refractivity (Wildman–Crippen MR) is 13.3 cm³/mol. The maximum absolute atomic E-state index is 8.58. The molecule has 0 fully saturated rings. The van der Waals surface area contributed by atoms with Gasteiger partial charge in [-0.05, 0) is 0 Å². The molecule has 0 aliphatic carbocycles. The molecule has 45 valence electrons. The van der Waals surface area contributed by atoms with Crippen molar-refractivity contribution in [3.05, 3.63) is 0 Å². The zero-order valence-electron chi connectivity index (χ0n) is 2.84. The molecule has 0 bridgehead atoms. The van der Waals surface area contributed by atoms with Gasteiger partial charge < -0.3 is 28.2 Å². The second kappa shape index (κ2) is 4.94. The predicted octanol–water partition coefficient (Wildman–Crippen LogP) is -4.49. The molecule has 0 atom stereocenters. The topological polar surface area (TPSA) is 92.2 Å². The third-order valence-corrected chi connectivity index (χ3v) is 0. The van der Waals surface area contributed by atoms with Crippen LogP contribution in [0.15, 0.2) is 0 Å². The van der Waals surface area contributed by atoms with Crippen LogP contribution in [-0.2, 0) is 14.4 Å². The van der Waals surface area contributed by atoms with Crippen LogP contribution in [0, 0.1) is 0 Å². The van der Waals surface area contributed by atoms with Gasteiger partial charge in [-0.2, -0.15) is 0 Å². The second-order valence-corrected chi connectivity index (χ2v) is 1.50. The van der Waals surface area contributed by atoms with Gasteiger partial charge in [-0.15, -0.1) is 0 Å². The Morgan fingerprint density at radius 1 is 1.00 bits per heavy atom. The van der Waals surface area contributed by atoms with E-state index in [0.717, 1.165) is 0 Å². The van der Waals surface area contributed by atoms with Gasteiger partial charge in [-0.3, -0.25) is 0 Å². The molecule has 0 heterocycles. The van der Waals surface area contributed by atoms with Crippen molar-refractivity contribution in [1.82, 2.24) is 0 Å². The Kier molecular flexibility index (Phi) is 7.57. The minimum absolute atomic E-state index is 3.65. The van der Waals surface area contributed by atoms with E-state index in [0.29, 0.717) is 0 Å². The standard InChI is InChI=1S/Cu.O4Si.S/c;1-5(2,3)4;/q+4;-4;. The maximum atomic E-state index is 8.58. The first-order valence-electron chi connectivity index (χ1n) is 0.940. The molecule has 0 aromatic rings. The van der Waals surface area contributed by atoms with E-state index in [2.05, 4.69) is 24.9 Å². The van der Waals surface area contributed by atoms with Crippen LogP contribution in [-0.4, -0.2) is 9.05 Å². The van der Waals surface area contributed by atoms with Crippen LogP contribution in [0.5, 0.6) is 0 Å². The molecule has 0 aromatic carbocycles. The van der Waals surface area contributed by atoms with Gasteiger partial charge in [-0.1, -0.05) is 0 Å². The summed E-state index contributed by atoms with van der Waals surface area (Å²) in [5.74, 6) is 0. The molecule has 0 radical (unpaired) electrons. The van der Waals surface area contributed by atoms with E-state index in [9.17, 15) is 0 Å². The first-order valence-corrected chi connectivity index (χ1v) is 3.97. The van der Waals surface area contributed by atoms with Crippen molar-refractivity contribution < 1.29 is 33.6 Å². The van der Waals surface area contributed by atoms with E-state index in [1.807, 2.05) is 0 Å². The summed E-state index contributed by atoms with van der Waals surface area (Å²) < 4.78 is 0. The molecular formula is CuO4SSi. The molecule has 0 saturated heterocycles. The number of hydrogen-bond donors (Lipinski definition) is 0. The molecule has 0 unspecified atom stereocenters. The summed E-state index contributed by atoms with van der Waals surface area (Å²) in [4.78, 5) is 34.3. The summed E-state index contributed by atoms with van der Waals surface area (Å²) in [5.41, 5.74) is 0. The SMILES string of the molecule is [O-][Si]([O-])([O-])[O-].[S]=[Cu+4]. The van der Waals surface area contributed by atoms with Crippen molar-refractivity contribution in [1.29, 1.82) is 0 Å². The molecule has 0 rings (SSSR count). The Morgan fingerprint density at radius 2 is 1.00 bits per heavy atom. The zero-order chi connectivity index (χ0) is 6.50. The van der Waals surface area contributed by atoms with Gasteiger partial charge in [0.1, 0.15) is 0 Å². The van der Waals surface area contributed by atoms with Crippen molar-refractivity contribution >= 4 is 19.6 Å². The average Bonchev–Trinajstić information content (AvgIpc) is 1.36. The summed E-state index contributed by atoms with van der Waals surface area (Å²) in [6.07, 6.45) is 0. The van der Waals surface area contributed by atoms with E-state index < -0.39 is 9.05 Å². The van der Waals surface area contributed by atoms with Gasteiger partial charge in [0.2, 0.25) is 0 Å². The van der Waals surface area contributed by atoms with Crippen LogP contribution >= 0.6 is 10.6 Å². The van der Waals surface area contributed by atoms with Gasteiger partial charge >= 0.3 is 24.9 Å². The van der Waals surface area contributed by atoms with Gasteiger partial charge in [0.25, 0.3) is 0 Å². The zero-order valence-corrected chi connectivity index (χ0v) is 5.60. The van der Waals surface area contributed by atoms with Crippen molar-refractivity contribution in [3.8, 4) is 0 Å². The van der Waals surface area contributed by atoms with Crippen LogP contribution in [0.4, 0.5) is 0 Å². The molecule has 0 saturated carbocycles. The Hall–Kier alpha value is 0.796. The first-order chi connectivity index (χ1) is 3.00. The summed E-state index contributed by atoms with van der Waals surface area (Å²) in [5, 5.41) is 0. The monoisotopic (exact) mass is 187 g/mol. The van der Waals surface area contributed by atoms with Crippen molar-refractivity contribution in [3.63, 3.8) is 0 Å². The summed E-state index contributed by atoms with van der Waals surface area (Å²) in [6, 6.07) is 0. The Morgan fingerprint density at radius 3 is 1.00 bits per heavy atom. The van der Waals surface area contributed by atoms with Gasteiger partial charge in [0, 0.05) is 0 Å². The number of hydrogen-bond acceptors (Lipinski definition) is 5. The molecule has 0 amide bonds. The van der Waals surface area contributed by atoms with Crippen LogP contribution in [0.1, 0.15) is 0 Å². The van der Waals surface area contributed by atoms with E-state index in [-0.39, 0.29) is 0 Å². The molecule has 0 aromatic heterocycles. The van der Waals surface area contributed by atoms with Crippen molar-refractivity contribution in [2.45, 2.75) is 0 Å². The molecule has 7 heteroatoms. The third-order valence-electron chi connectivity index (χ3n) is 0. The Bertz CT molecular complexity index is 35.4. The van der Waals surface area contributed by atoms with Crippen molar-refractivity contribution in [2.24, 2.45) is 0 Å². The molecule has 0 aliphatic rings. The Balaban J connectivity index is 0. The Labute approximate surface area is 53.6 Å². The first kappa shape index (κ1) is 10.7. The second-order valence-electron chi connectivity index (χ2n) is 0.500. The quantitative estimate of drug-likeness (QED) is 0.357. The van der Waals surface area contributed by atoms with E-state index in [1.165, 1.54) is 0 Å². The normalized spacial score (nSPS) is 9.14. The van der Waals surface area contributed by atoms with Crippen LogP contribution in [0.25, 0.3) is 0 Å². The fraction of sp³-hybridized carbons (Fsp3) is 0. The van der Waals surface area contributed by atoms with Crippen LogP contribution < -0.4 is 19.2 Å². The fourth-order valence-electron chi connectivity index (χ4n) is 0. The fourth-order valence-corrected chi connectivity index (χ4v) is 0. The van der Waals surface area contributed by atoms with Crippen LogP contribution in [0.3, 0.4) is 0 Å². The van der Waals surface area contributed by atoms with E-state index in [1.54, 1.807) is 0 Å². The van der Waals surface area contributed by atoms with Crippen LogP contribution in [0.2, 0.25) is 0 Å². The average molecular weight is 188 g/mol. The summed E-state index contributed by atoms with van der Waals surface area (Å²) in [6.45, 7) is 0. The summed E-state index contributed by atoms with van der Waals surface area (Å²) >= 11 is 3.77. The molecule has 0 spiro atoms. The van der Waals surface area contributed by atoms with E-state index in [4.69, 9.17) is 19.2 Å². The van der Waals surface area contributed by atoms with Gasteiger partial charge in [-0.25, -0.2) is 0 Å². The van der Waals surface area contributed by atoms with Gasteiger partial charge in [0.05, 0.1) is 0 Å². The molecule has 0 aliphatic heterocycles. The molecular weight excluding hydrogens is 188 g/mol. The molecule has 4 nitrogen and oxygen atoms in total. The van der Waals surface area contributed by atoms with E-state index >= 15 is 0 Å². The minimum atomic E-state index is -5.61. The van der Waals surface area contributed by atoms with Gasteiger partial charge in [0.15, 0.2) is 0 Å².